The van der Waals surface area contributed by atoms with Gasteiger partial charge in [-0.15, -0.1) is 0 Å². The van der Waals surface area contributed by atoms with Gasteiger partial charge in [0.05, 0.1) is 7.11 Å². The molecule has 1 heterocycles. The fourth-order valence-corrected chi connectivity index (χ4v) is 4.00. The highest BCUT2D eigenvalue weighted by molar-refractivity contribution is 6.25. The molecular weight excluding hydrogens is 404 g/mol. The van der Waals surface area contributed by atoms with Crippen molar-refractivity contribution in [3.05, 3.63) is 71.8 Å². The van der Waals surface area contributed by atoms with Gasteiger partial charge in [0.2, 0.25) is 5.91 Å². The molecule has 3 aromatic rings. The number of imide groups is 1. The van der Waals surface area contributed by atoms with Crippen molar-refractivity contribution in [1.82, 2.24) is 4.90 Å². The maximum Gasteiger partial charge on any atom is 0.261 e. The van der Waals surface area contributed by atoms with Crippen LogP contribution >= 0.6 is 0 Å². The average molecular weight is 431 g/mol. The lowest BCUT2D eigenvalue weighted by molar-refractivity contribution is -0.125. The topological polar surface area (TPSA) is 66.9 Å². The standard InChI is InChI=1S/C26H26N2O4/c1-26(2,3)25(31)27(18-11-13-19(32-4)14-12-18)15-16-28-23(29)20-9-5-7-17-8-6-10-21(22(17)20)24(28)30/h5-14H,15-16H2,1-4H3. The molecule has 0 radical (unpaired) electrons. The Morgan fingerprint density at radius 2 is 1.47 bits per heavy atom. The van der Waals surface area contributed by atoms with Crippen LogP contribution in [-0.2, 0) is 4.79 Å². The minimum Gasteiger partial charge on any atom is -0.497 e. The van der Waals surface area contributed by atoms with E-state index in [4.69, 9.17) is 4.74 Å². The van der Waals surface area contributed by atoms with E-state index < -0.39 is 5.41 Å². The van der Waals surface area contributed by atoms with E-state index in [0.717, 1.165) is 5.39 Å². The Balaban J connectivity index is 1.65. The number of carbonyl (C=O) groups excluding carboxylic acids is 3. The molecule has 0 aromatic heterocycles. The van der Waals surface area contributed by atoms with Crippen molar-refractivity contribution in [3.8, 4) is 5.75 Å². The van der Waals surface area contributed by atoms with Gasteiger partial charge in [-0.05, 0) is 41.8 Å². The van der Waals surface area contributed by atoms with Gasteiger partial charge < -0.3 is 9.64 Å². The van der Waals surface area contributed by atoms with Gasteiger partial charge >= 0.3 is 0 Å². The van der Waals surface area contributed by atoms with Crippen LogP contribution < -0.4 is 9.64 Å². The number of carbonyl (C=O) groups is 3. The molecule has 6 nitrogen and oxygen atoms in total. The number of hydrogen-bond donors (Lipinski definition) is 0. The van der Waals surface area contributed by atoms with Crippen LogP contribution in [0, 0.1) is 5.41 Å². The smallest absolute Gasteiger partial charge is 0.261 e. The predicted octanol–water partition coefficient (Wildman–Crippen LogP) is 4.52. The molecule has 3 amide bonds. The molecule has 32 heavy (non-hydrogen) atoms. The number of ether oxygens (including phenoxy) is 1. The monoisotopic (exact) mass is 430 g/mol. The Bertz CT molecular complexity index is 1160. The molecule has 0 spiro atoms. The van der Waals surface area contributed by atoms with Gasteiger partial charge in [0, 0.05) is 40.7 Å². The van der Waals surface area contributed by atoms with Crippen LogP contribution in [0.5, 0.6) is 5.75 Å². The van der Waals surface area contributed by atoms with E-state index in [0.29, 0.717) is 28.0 Å². The Kier molecular flexibility index (Phi) is 5.46. The van der Waals surface area contributed by atoms with E-state index in [1.165, 1.54) is 4.90 Å². The number of nitrogens with zero attached hydrogens (tertiary/aromatic N) is 2. The number of anilines is 1. The Morgan fingerprint density at radius 3 is 1.97 bits per heavy atom. The summed E-state index contributed by atoms with van der Waals surface area (Å²) < 4.78 is 5.22. The zero-order valence-electron chi connectivity index (χ0n) is 18.7. The van der Waals surface area contributed by atoms with Crippen LogP contribution in [0.25, 0.3) is 10.8 Å². The van der Waals surface area contributed by atoms with Crippen molar-refractivity contribution < 1.29 is 19.1 Å². The van der Waals surface area contributed by atoms with Gasteiger partial charge in [0.15, 0.2) is 0 Å². The van der Waals surface area contributed by atoms with Crippen LogP contribution in [0.15, 0.2) is 60.7 Å². The van der Waals surface area contributed by atoms with E-state index in [-0.39, 0.29) is 30.8 Å². The molecule has 0 unspecified atom stereocenters. The van der Waals surface area contributed by atoms with Crippen molar-refractivity contribution >= 4 is 34.2 Å². The minimum absolute atomic E-state index is 0.0935. The average Bonchev–Trinajstić information content (AvgIpc) is 2.79. The summed E-state index contributed by atoms with van der Waals surface area (Å²) in [4.78, 5) is 42.5. The second-order valence-electron chi connectivity index (χ2n) is 8.88. The molecule has 0 saturated carbocycles. The summed E-state index contributed by atoms with van der Waals surface area (Å²) in [5.74, 6) is -0.0838. The number of amides is 3. The van der Waals surface area contributed by atoms with Crippen LogP contribution in [0.2, 0.25) is 0 Å². The van der Waals surface area contributed by atoms with Gasteiger partial charge in [0.25, 0.3) is 11.8 Å². The maximum atomic E-state index is 13.2. The van der Waals surface area contributed by atoms with Crippen molar-refractivity contribution in [3.63, 3.8) is 0 Å². The molecule has 0 atom stereocenters. The molecule has 0 fully saturated rings. The molecule has 0 saturated heterocycles. The predicted molar refractivity (Wildman–Crippen MR) is 124 cm³/mol. The van der Waals surface area contributed by atoms with E-state index >= 15 is 0 Å². The van der Waals surface area contributed by atoms with Gasteiger partial charge in [-0.1, -0.05) is 45.0 Å². The summed E-state index contributed by atoms with van der Waals surface area (Å²) in [6, 6.07) is 18.1. The Hall–Kier alpha value is -3.67. The SMILES string of the molecule is COc1ccc(N(CCN2C(=O)c3cccc4cccc(c34)C2=O)C(=O)C(C)(C)C)cc1. The van der Waals surface area contributed by atoms with Crippen molar-refractivity contribution in [1.29, 1.82) is 0 Å². The van der Waals surface area contributed by atoms with E-state index in [9.17, 15) is 14.4 Å². The van der Waals surface area contributed by atoms with Crippen LogP contribution in [0.1, 0.15) is 41.5 Å². The number of rotatable bonds is 5. The maximum absolute atomic E-state index is 13.2. The lowest BCUT2D eigenvalue weighted by atomic mass is 9.93. The van der Waals surface area contributed by atoms with E-state index in [2.05, 4.69) is 0 Å². The number of benzene rings is 3. The quantitative estimate of drug-likeness (QED) is 0.558. The van der Waals surface area contributed by atoms with Crippen LogP contribution in [0.4, 0.5) is 5.69 Å². The highest BCUT2D eigenvalue weighted by Crippen LogP contribution is 2.30. The first-order valence-corrected chi connectivity index (χ1v) is 10.6. The molecule has 1 aliphatic heterocycles. The Morgan fingerprint density at radius 1 is 0.906 bits per heavy atom. The first-order valence-electron chi connectivity index (χ1n) is 10.6. The molecule has 3 aromatic carbocycles. The molecule has 4 rings (SSSR count). The zero-order chi connectivity index (χ0) is 23.0. The summed E-state index contributed by atoms with van der Waals surface area (Å²) in [5, 5.41) is 1.56. The fraction of sp³-hybridized carbons (Fsp3) is 0.269. The minimum atomic E-state index is -0.631. The van der Waals surface area contributed by atoms with Crippen LogP contribution in [0.3, 0.4) is 0 Å². The molecule has 0 aliphatic carbocycles. The fourth-order valence-electron chi connectivity index (χ4n) is 4.00. The normalized spacial score (nSPS) is 13.4. The molecule has 0 bridgehead atoms. The highest BCUT2D eigenvalue weighted by atomic mass is 16.5. The highest BCUT2D eigenvalue weighted by Gasteiger charge is 2.34. The second-order valence-corrected chi connectivity index (χ2v) is 8.88. The third kappa shape index (κ3) is 3.73. The lowest BCUT2D eigenvalue weighted by Gasteiger charge is -2.33. The number of hydrogen-bond acceptors (Lipinski definition) is 4. The van der Waals surface area contributed by atoms with Crippen molar-refractivity contribution in [2.24, 2.45) is 5.41 Å². The zero-order valence-corrected chi connectivity index (χ0v) is 18.7. The first kappa shape index (κ1) is 21.6. The summed E-state index contributed by atoms with van der Waals surface area (Å²) in [6.45, 7) is 5.83. The third-order valence-corrected chi connectivity index (χ3v) is 5.67. The van der Waals surface area contributed by atoms with E-state index in [1.807, 2.05) is 45.0 Å². The van der Waals surface area contributed by atoms with Gasteiger partial charge in [-0.2, -0.15) is 0 Å². The van der Waals surface area contributed by atoms with E-state index in [1.54, 1.807) is 48.4 Å². The summed E-state index contributed by atoms with van der Waals surface area (Å²) in [5.41, 5.74) is 1.07. The molecule has 0 N–H and O–H groups in total. The van der Waals surface area contributed by atoms with Crippen LogP contribution in [-0.4, -0.2) is 42.8 Å². The third-order valence-electron chi connectivity index (χ3n) is 5.67. The summed E-state index contributed by atoms with van der Waals surface area (Å²) in [6.07, 6.45) is 0. The summed E-state index contributed by atoms with van der Waals surface area (Å²) in [7, 11) is 1.58. The van der Waals surface area contributed by atoms with Gasteiger partial charge in [-0.3, -0.25) is 19.3 Å². The molecule has 164 valence electrons. The Labute approximate surface area is 187 Å². The number of methoxy groups -OCH3 is 1. The molecule has 1 aliphatic rings. The second kappa shape index (κ2) is 8.11. The molecule has 6 heteroatoms. The summed E-state index contributed by atoms with van der Waals surface area (Å²) >= 11 is 0. The lowest BCUT2D eigenvalue weighted by Crippen LogP contribution is -2.48. The van der Waals surface area contributed by atoms with Gasteiger partial charge in [0.1, 0.15) is 5.75 Å². The molecular formula is C26H26N2O4. The largest absolute Gasteiger partial charge is 0.497 e. The van der Waals surface area contributed by atoms with Gasteiger partial charge in [-0.25, -0.2) is 0 Å². The van der Waals surface area contributed by atoms with Crippen molar-refractivity contribution in [2.45, 2.75) is 20.8 Å². The van der Waals surface area contributed by atoms with Crippen molar-refractivity contribution in [2.75, 3.05) is 25.1 Å². The first-order chi connectivity index (χ1) is 15.2.